The predicted octanol–water partition coefficient (Wildman–Crippen LogP) is 2.51. The molecule has 0 unspecified atom stereocenters. The first-order valence-electron chi connectivity index (χ1n) is 7.04. The summed E-state index contributed by atoms with van der Waals surface area (Å²) in [5.74, 6) is 1.47. The number of aromatic nitrogens is 4. The molecule has 6 heteroatoms. The molecular formula is C14H21N5O. The van der Waals surface area contributed by atoms with Crippen molar-refractivity contribution in [3.8, 4) is 17.1 Å². The monoisotopic (exact) mass is 275 g/mol. The first-order valence-corrected chi connectivity index (χ1v) is 7.04. The van der Waals surface area contributed by atoms with E-state index < -0.39 is 0 Å². The molecule has 0 radical (unpaired) electrons. The van der Waals surface area contributed by atoms with Gasteiger partial charge < -0.3 is 10.5 Å². The lowest BCUT2D eigenvalue weighted by atomic mass is 10.1. The summed E-state index contributed by atoms with van der Waals surface area (Å²) in [6.45, 7) is 5.53. The standard InChI is InChI=1S/C14H21N5O/c1-3-5-6-7-19-14(16-17-18-19)11-8-12(15)10-13(9-11)20-4-2/h8-10H,3-7,15H2,1-2H3. The third-order valence-electron chi connectivity index (χ3n) is 3.00. The molecule has 0 bridgehead atoms. The molecule has 0 saturated heterocycles. The molecule has 1 heterocycles. The number of benzene rings is 1. The highest BCUT2D eigenvalue weighted by Gasteiger charge is 2.10. The van der Waals surface area contributed by atoms with Gasteiger partial charge in [0.1, 0.15) is 5.75 Å². The van der Waals surface area contributed by atoms with Crippen molar-refractivity contribution in [2.24, 2.45) is 0 Å². The second-order valence-corrected chi connectivity index (χ2v) is 4.66. The zero-order valence-electron chi connectivity index (χ0n) is 12.0. The van der Waals surface area contributed by atoms with Gasteiger partial charge in [0.25, 0.3) is 0 Å². The van der Waals surface area contributed by atoms with E-state index in [2.05, 4.69) is 22.4 Å². The van der Waals surface area contributed by atoms with Crippen molar-refractivity contribution in [3.63, 3.8) is 0 Å². The Morgan fingerprint density at radius 1 is 1.20 bits per heavy atom. The third-order valence-corrected chi connectivity index (χ3v) is 3.00. The van der Waals surface area contributed by atoms with E-state index in [1.807, 2.05) is 23.7 Å². The molecule has 0 aliphatic heterocycles. The van der Waals surface area contributed by atoms with Gasteiger partial charge in [-0.3, -0.25) is 0 Å². The maximum atomic E-state index is 5.91. The van der Waals surface area contributed by atoms with Crippen LogP contribution in [0.5, 0.6) is 5.75 Å². The summed E-state index contributed by atoms with van der Waals surface area (Å²) in [5.41, 5.74) is 7.44. The molecule has 0 amide bonds. The minimum absolute atomic E-state index is 0.602. The van der Waals surface area contributed by atoms with Crippen LogP contribution in [0, 0.1) is 0 Å². The number of rotatable bonds is 7. The van der Waals surface area contributed by atoms with Gasteiger partial charge in [0.2, 0.25) is 0 Å². The van der Waals surface area contributed by atoms with Gasteiger partial charge in [-0.15, -0.1) is 5.10 Å². The minimum atomic E-state index is 0.602. The second kappa shape index (κ2) is 6.88. The predicted molar refractivity (Wildman–Crippen MR) is 78.4 cm³/mol. The quantitative estimate of drug-likeness (QED) is 0.620. The maximum Gasteiger partial charge on any atom is 0.182 e. The number of nitrogens with two attached hydrogens (primary N) is 1. The van der Waals surface area contributed by atoms with Crippen molar-refractivity contribution in [2.45, 2.75) is 39.7 Å². The molecule has 0 fully saturated rings. The molecule has 2 N–H and O–H groups in total. The van der Waals surface area contributed by atoms with Gasteiger partial charge >= 0.3 is 0 Å². The summed E-state index contributed by atoms with van der Waals surface area (Å²) in [6.07, 6.45) is 3.40. The lowest BCUT2D eigenvalue weighted by Gasteiger charge is -2.08. The number of ether oxygens (including phenoxy) is 1. The fourth-order valence-corrected chi connectivity index (χ4v) is 2.07. The summed E-state index contributed by atoms with van der Waals surface area (Å²) in [7, 11) is 0. The van der Waals surface area contributed by atoms with Crippen LogP contribution in [0.15, 0.2) is 18.2 Å². The lowest BCUT2D eigenvalue weighted by molar-refractivity contribution is 0.340. The number of nitrogen functional groups attached to an aromatic ring is 1. The zero-order chi connectivity index (χ0) is 14.4. The Balaban J connectivity index is 2.24. The fourth-order valence-electron chi connectivity index (χ4n) is 2.07. The third kappa shape index (κ3) is 3.46. The van der Waals surface area contributed by atoms with E-state index in [1.165, 1.54) is 12.8 Å². The minimum Gasteiger partial charge on any atom is -0.494 e. The summed E-state index contributed by atoms with van der Waals surface area (Å²) in [6, 6.07) is 5.59. The fraction of sp³-hybridized carbons (Fsp3) is 0.500. The van der Waals surface area contributed by atoms with E-state index in [0.29, 0.717) is 12.3 Å². The highest BCUT2D eigenvalue weighted by Crippen LogP contribution is 2.25. The van der Waals surface area contributed by atoms with Crippen LogP contribution >= 0.6 is 0 Å². The topological polar surface area (TPSA) is 78.9 Å². The molecule has 0 aliphatic rings. The van der Waals surface area contributed by atoms with Gasteiger partial charge in [-0.05, 0) is 35.9 Å². The lowest BCUT2D eigenvalue weighted by Crippen LogP contribution is -2.04. The van der Waals surface area contributed by atoms with Crippen LogP contribution in [-0.4, -0.2) is 26.8 Å². The smallest absolute Gasteiger partial charge is 0.182 e. The molecule has 0 spiro atoms. The molecular weight excluding hydrogens is 254 g/mol. The van der Waals surface area contributed by atoms with Gasteiger partial charge in [0, 0.05) is 23.9 Å². The number of nitrogens with zero attached hydrogens (tertiary/aromatic N) is 4. The normalized spacial score (nSPS) is 10.7. The van der Waals surface area contributed by atoms with Crippen molar-refractivity contribution in [1.82, 2.24) is 20.2 Å². The Labute approximate surface area is 118 Å². The van der Waals surface area contributed by atoms with E-state index in [9.17, 15) is 0 Å². The van der Waals surface area contributed by atoms with E-state index in [0.717, 1.165) is 30.1 Å². The van der Waals surface area contributed by atoms with Crippen LogP contribution < -0.4 is 10.5 Å². The highest BCUT2D eigenvalue weighted by molar-refractivity contribution is 5.64. The molecule has 0 atom stereocenters. The van der Waals surface area contributed by atoms with Crippen LogP contribution in [0.1, 0.15) is 33.1 Å². The molecule has 2 rings (SSSR count). The van der Waals surface area contributed by atoms with Crippen molar-refractivity contribution in [1.29, 1.82) is 0 Å². The van der Waals surface area contributed by atoms with Gasteiger partial charge in [-0.2, -0.15) is 0 Å². The van der Waals surface area contributed by atoms with Crippen molar-refractivity contribution < 1.29 is 4.74 Å². The molecule has 2 aromatic rings. The Kier molecular flexibility index (Phi) is 4.92. The molecule has 0 aliphatic carbocycles. The highest BCUT2D eigenvalue weighted by atomic mass is 16.5. The summed E-state index contributed by atoms with van der Waals surface area (Å²) < 4.78 is 7.33. The maximum absolute atomic E-state index is 5.91. The Hall–Kier alpha value is -2.11. The van der Waals surface area contributed by atoms with E-state index in [-0.39, 0.29) is 0 Å². The molecule has 6 nitrogen and oxygen atoms in total. The molecule has 1 aromatic heterocycles. The van der Waals surface area contributed by atoms with Crippen LogP contribution in [-0.2, 0) is 6.54 Å². The van der Waals surface area contributed by atoms with E-state index >= 15 is 0 Å². The summed E-state index contributed by atoms with van der Waals surface area (Å²) in [4.78, 5) is 0. The first-order chi connectivity index (χ1) is 9.74. The number of tetrazole rings is 1. The van der Waals surface area contributed by atoms with E-state index in [4.69, 9.17) is 10.5 Å². The Bertz CT molecular complexity index is 552. The number of unbranched alkanes of at least 4 members (excludes halogenated alkanes) is 2. The number of hydrogen-bond donors (Lipinski definition) is 1. The zero-order valence-corrected chi connectivity index (χ0v) is 12.0. The molecule has 0 saturated carbocycles. The SMILES string of the molecule is CCCCCn1nnnc1-c1cc(N)cc(OCC)c1. The Morgan fingerprint density at radius 2 is 2.05 bits per heavy atom. The van der Waals surface area contributed by atoms with Crippen LogP contribution in [0.3, 0.4) is 0 Å². The largest absolute Gasteiger partial charge is 0.494 e. The summed E-state index contributed by atoms with van der Waals surface area (Å²) in [5, 5.41) is 11.9. The number of hydrogen-bond acceptors (Lipinski definition) is 5. The van der Waals surface area contributed by atoms with Crippen LogP contribution in [0.4, 0.5) is 5.69 Å². The molecule has 1 aromatic carbocycles. The summed E-state index contributed by atoms with van der Waals surface area (Å²) >= 11 is 0. The number of aryl methyl sites for hydroxylation is 1. The average molecular weight is 275 g/mol. The van der Waals surface area contributed by atoms with Gasteiger partial charge in [-0.25, -0.2) is 4.68 Å². The van der Waals surface area contributed by atoms with Crippen molar-refractivity contribution in [3.05, 3.63) is 18.2 Å². The van der Waals surface area contributed by atoms with Crippen LogP contribution in [0.25, 0.3) is 11.4 Å². The van der Waals surface area contributed by atoms with Crippen molar-refractivity contribution >= 4 is 5.69 Å². The average Bonchev–Trinajstić information content (AvgIpc) is 2.87. The second-order valence-electron chi connectivity index (χ2n) is 4.66. The molecule has 108 valence electrons. The number of anilines is 1. The first kappa shape index (κ1) is 14.3. The van der Waals surface area contributed by atoms with Gasteiger partial charge in [-0.1, -0.05) is 19.8 Å². The molecule has 20 heavy (non-hydrogen) atoms. The van der Waals surface area contributed by atoms with Gasteiger partial charge in [0.05, 0.1) is 6.61 Å². The van der Waals surface area contributed by atoms with Crippen LogP contribution in [0.2, 0.25) is 0 Å². The van der Waals surface area contributed by atoms with Crippen molar-refractivity contribution in [2.75, 3.05) is 12.3 Å². The Morgan fingerprint density at radius 3 is 2.80 bits per heavy atom. The van der Waals surface area contributed by atoms with Gasteiger partial charge in [0.15, 0.2) is 5.82 Å². The van der Waals surface area contributed by atoms with E-state index in [1.54, 1.807) is 6.07 Å².